The van der Waals surface area contributed by atoms with Gasteiger partial charge in [0.05, 0.1) is 6.20 Å². The predicted molar refractivity (Wildman–Crippen MR) is 104 cm³/mol. The van der Waals surface area contributed by atoms with Gasteiger partial charge in [-0.2, -0.15) is 16.9 Å². The van der Waals surface area contributed by atoms with Crippen molar-refractivity contribution in [3.05, 3.63) is 52.8 Å². The van der Waals surface area contributed by atoms with E-state index in [9.17, 15) is 0 Å². The molecule has 1 aromatic heterocycles. The smallest absolute Gasteiger partial charge is 0.193 e. The normalized spacial score (nSPS) is 13.0. The molecule has 5 nitrogen and oxygen atoms in total. The SMILES string of the molecule is CN=C(NCC(SC)c1cccc(Cl)c1)N(C)Cc1cnn(C)c1. The molecule has 2 rings (SSSR count). The largest absolute Gasteiger partial charge is 0.355 e. The van der Waals surface area contributed by atoms with Crippen molar-refractivity contribution in [3.63, 3.8) is 0 Å². The molecular formula is C17H24ClN5S. The fourth-order valence-corrected chi connectivity index (χ4v) is 3.38. The van der Waals surface area contributed by atoms with Crippen molar-refractivity contribution in [1.82, 2.24) is 20.0 Å². The first kappa shape index (κ1) is 18.7. The number of halogens is 1. The van der Waals surface area contributed by atoms with E-state index in [0.29, 0.717) is 5.25 Å². The van der Waals surface area contributed by atoms with E-state index >= 15 is 0 Å². The van der Waals surface area contributed by atoms with Crippen molar-refractivity contribution >= 4 is 29.3 Å². The highest BCUT2D eigenvalue weighted by molar-refractivity contribution is 7.98. The quantitative estimate of drug-likeness (QED) is 0.630. The first-order valence-electron chi connectivity index (χ1n) is 7.71. The Kier molecular flexibility index (Phi) is 6.99. The van der Waals surface area contributed by atoms with Crippen molar-refractivity contribution in [2.24, 2.45) is 12.0 Å². The van der Waals surface area contributed by atoms with Crippen LogP contribution in [-0.2, 0) is 13.6 Å². The fourth-order valence-electron chi connectivity index (χ4n) is 2.52. The van der Waals surface area contributed by atoms with Gasteiger partial charge in [-0.05, 0) is 24.0 Å². The molecule has 1 heterocycles. The summed E-state index contributed by atoms with van der Waals surface area (Å²) in [5.41, 5.74) is 2.37. The molecule has 7 heteroatoms. The topological polar surface area (TPSA) is 45.5 Å². The lowest BCUT2D eigenvalue weighted by molar-refractivity contribution is 0.476. The number of nitrogens with one attached hydrogen (secondary N) is 1. The summed E-state index contributed by atoms with van der Waals surface area (Å²) in [6.07, 6.45) is 6.00. The Balaban J connectivity index is 1.96. The first-order chi connectivity index (χ1) is 11.5. The molecule has 0 spiro atoms. The molecule has 130 valence electrons. The number of aliphatic imine (C=N–C) groups is 1. The third-order valence-electron chi connectivity index (χ3n) is 3.70. The summed E-state index contributed by atoms with van der Waals surface area (Å²) in [6.45, 7) is 1.54. The van der Waals surface area contributed by atoms with Crippen LogP contribution in [0.2, 0.25) is 5.02 Å². The highest BCUT2D eigenvalue weighted by Crippen LogP contribution is 2.27. The Morgan fingerprint density at radius 2 is 2.29 bits per heavy atom. The van der Waals surface area contributed by atoms with Gasteiger partial charge < -0.3 is 10.2 Å². The number of nitrogens with zero attached hydrogens (tertiary/aromatic N) is 4. The summed E-state index contributed by atoms with van der Waals surface area (Å²) < 4.78 is 1.81. The minimum atomic E-state index is 0.312. The lowest BCUT2D eigenvalue weighted by Crippen LogP contribution is -2.39. The van der Waals surface area contributed by atoms with Gasteiger partial charge >= 0.3 is 0 Å². The molecule has 0 saturated carbocycles. The van der Waals surface area contributed by atoms with Crippen molar-refractivity contribution in [2.45, 2.75) is 11.8 Å². The number of thioether (sulfide) groups is 1. The molecule has 2 aromatic rings. The number of guanidine groups is 1. The number of aryl methyl sites for hydroxylation is 1. The Morgan fingerprint density at radius 1 is 1.50 bits per heavy atom. The number of aromatic nitrogens is 2. The van der Waals surface area contributed by atoms with E-state index in [2.05, 4.69) is 32.6 Å². The van der Waals surface area contributed by atoms with Crippen LogP contribution in [0.4, 0.5) is 0 Å². The zero-order valence-electron chi connectivity index (χ0n) is 14.5. The number of benzene rings is 1. The van der Waals surface area contributed by atoms with Crippen LogP contribution in [0.15, 0.2) is 41.7 Å². The zero-order chi connectivity index (χ0) is 17.5. The van der Waals surface area contributed by atoms with E-state index in [-0.39, 0.29) is 0 Å². The van der Waals surface area contributed by atoms with Crippen LogP contribution in [-0.4, -0.2) is 47.5 Å². The van der Waals surface area contributed by atoms with Crippen LogP contribution in [0.1, 0.15) is 16.4 Å². The van der Waals surface area contributed by atoms with Gasteiger partial charge in [-0.15, -0.1) is 0 Å². The molecule has 0 fully saturated rings. The molecule has 0 radical (unpaired) electrons. The van der Waals surface area contributed by atoms with Crippen LogP contribution >= 0.6 is 23.4 Å². The van der Waals surface area contributed by atoms with Gasteiger partial charge in [0.25, 0.3) is 0 Å². The number of rotatable bonds is 6. The molecule has 0 amide bonds. The standard InChI is InChI=1S/C17H24ClN5S/c1-19-17(22(2)11-13-9-21-23(3)12-13)20-10-16(24-4)14-6-5-7-15(18)8-14/h5-9,12,16H,10-11H2,1-4H3,(H,19,20). The third kappa shape index (κ3) is 5.18. The van der Waals surface area contributed by atoms with Crippen LogP contribution in [0.25, 0.3) is 0 Å². The van der Waals surface area contributed by atoms with Gasteiger partial charge in [-0.25, -0.2) is 0 Å². The Hall–Kier alpha value is -1.66. The predicted octanol–water partition coefficient (Wildman–Crippen LogP) is 3.19. The Labute approximate surface area is 153 Å². The maximum atomic E-state index is 6.11. The highest BCUT2D eigenvalue weighted by Gasteiger charge is 2.13. The van der Waals surface area contributed by atoms with E-state index in [1.165, 1.54) is 5.56 Å². The minimum absolute atomic E-state index is 0.312. The molecule has 0 aliphatic rings. The van der Waals surface area contributed by atoms with Crippen LogP contribution in [0, 0.1) is 0 Å². The second kappa shape index (κ2) is 8.99. The average Bonchev–Trinajstić information content (AvgIpc) is 2.96. The molecule has 1 aromatic carbocycles. The molecule has 0 saturated heterocycles. The van der Waals surface area contributed by atoms with Gasteiger partial charge in [0.15, 0.2) is 5.96 Å². The van der Waals surface area contributed by atoms with Crippen LogP contribution in [0.5, 0.6) is 0 Å². The minimum Gasteiger partial charge on any atom is -0.355 e. The molecule has 24 heavy (non-hydrogen) atoms. The molecule has 0 bridgehead atoms. The van der Waals surface area contributed by atoms with E-state index in [1.54, 1.807) is 18.8 Å². The van der Waals surface area contributed by atoms with Gasteiger partial charge in [-0.1, -0.05) is 23.7 Å². The summed E-state index contributed by atoms with van der Waals surface area (Å²) in [5.74, 6) is 0.861. The van der Waals surface area contributed by atoms with Crippen molar-refractivity contribution in [1.29, 1.82) is 0 Å². The summed E-state index contributed by atoms with van der Waals surface area (Å²) in [7, 11) is 5.75. The fraction of sp³-hybridized carbons (Fsp3) is 0.412. The van der Waals surface area contributed by atoms with Crippen LogP contribution in [0.3, 0.4) is 0 Å². The molecule has 0 aliphatic carbocycles. The van der Waals surface area contributed by atoms with E-state index in [1.807, 2.05) is 49.4 Å². The van der Waals surface area contributed by atoms with Crippen molar-refractivity contribution < 1.29 is 0 Å². The molecule has 1 atom stereocenters. The lowest BCUT2D eigenvalue weighted by atomic mass is 10.1. The Bertz CT molecular complexity index is 685. The van der Waals surface area contributed by atoms with Crippen LogP contribution < -0.4 is 5.32 Å². The molecule has 0 aliphatic heterocycles. The first-order valence-corrected chi connectivity index (χ1v) is 9.37. The number of hydrogen-bond acceptors (Lipinski definition) is 3. The average molecular weight is 366 g/mol. The molecular weight excluding hydrogens is 342 g/mol. The van der Waals surface area contributed by atoms with E-state index in [4.69, 9.17) is 11.6 Å². The molecule has 1 N–H and O–H groups in total. The summed E-state index contributed by atoms with van der Waals surface area (Å²) in [6, 6.07) is 8.02. The van der Waals surface area contributed by atoms with Gasteiger partial charge in [0.1, 0.15) is 0 Å². The van der Waals surface area contributed by atoms with E-state index < -0.39 is 0 Å². The summed E-state index contributed by atoms with van der Waals surface area (Å²) in [4.78, 5) is 6.47. The van der Waals surface area contributed by atoms with Crippen molar-refractivity contribution in [2.75, 3.05) is 26.9 Å². The monoisotopic (exact) mass is 365 g/mol. The maximum absolute atomic E-state index is 6.11. The second-order valence-corrected chi connectivity index (χ2v) is 7.06. The Morgan fingerprint density at radius 3 is 2.88 bits per heavy atom. The van der Waals surface area contributed by atoms with E-state index in [0.717, 1.165) is 29.6 Å². The molecule has 1 unspecified atom stereocenters. The summed E-state index contributed by atoms with van der Waals surface area (Å²) >= 11 is 7.90. The summed E-state index contributed by atoms with van der Waals surface area (Å²) in [5, 5.41) is 8.73. The number of hydrogen-bond donors (Lipinski definition) is 1. The highest BCUT2D eigenvalue weighted by atomic mass is 35.5. The lowest BCUT2D eigenvalue weighted by Gasteiger charge is -2.24. The van der Waals surface area contributed by atoms with Gasteiger partial charge in [0.2, 0.25) is 0 Å². The van der Waals surface area contributed by atoms with Gasteiger partial charge in [-0.3, -0.25) is 9.67 Å². The third-order valence-corrected chi connectivity index (χ3v) is 4.94. The van der Waals surface area contributed by atoms with Crippen molar-refractivity contribution in [3.8, 4) is 0 Å². The maximum Gasteiger partial charge on any atom is 0.193 e. The zero-order valence-corrected chi connectivity index (χ0v) is 16.1. The van der Waals surface area contributed by atoms with Gasteiger partial charge in [0, 0.05) is 56.3 Å². The second-order valence-electron chi connectivity index (χ2n) is 5.59.